The zero-order valence-corrected chi connectivity index (χ0v) is 12.6. The molecule has 0 fully saturated rings. The third-order valence-electron chi connectivity index (χ3n) is 3.43. The Morgan fingerprint density at radius 1 is 0.944 bits per heavy atom. The maximum Gasteiger partial charge on any atom is -0.0320 e. The van der Waals surface area contributed by atoms with Crippen molar-refractivity contribution < 1.29 is 0 Å². The molecule has 104 valence electrons. The second-order valence-corrected chi connectivity index (χ2v) is 5.12. The highest BCUT2D eigenvalue weighted by molar-refractivity contribution is 5.02. The highest BCUT2D eigenvalue weighted by Gasteiger charge is 1.99. The Balaban J connectivity index is 3.73. The van der Waals surface area contributed by atoms with Gasteiger partial charge in [-0.05, 0) is 64.2 Å². The second kappa shape index (κ2) is 12.7. The van der Waals surface area contributed by atoms with Gasteiger partial charge in [0.05, 0.1) is 0 Å². The molecule has 0 nitrogen and oxygen atoms in total. The summed E-state index contributed by atoms with van der Waals surface area (Å²) >= 11 is 0. The minimum atomic E-state index is 1.14. The normalized spacial score (nSPS) is 11.6. The quantitative estimate of drug-likeness (QED) is 0.270. The average Bonchev–Trinajstić information content (AvgIpc) is 2.39. The van der Waals surface area contributed by atoms with Gasteiger partial charge in [0.2, 0.25) is 0 Å². The van der Waals surface area contributed by atoms with Crippen LogP contribution in [-0.2, 0) is 0 Å². The van der Waals surface area contributed by atoms with Gasteiger partial charge in [-0.2, -0.15) is 0 Å². The van der Waals surface area contributed by atoms with Gasteiger partial charge in [-0.25, -0.2) is 0 Å². The molecule has 0 aliphatic carbocycles. The van der Waals surface area contributed by atoms with Gasteiger partial charge < -0.3 is 0 Å². The summed E-state index contributed by atoms with van der Waals surface area (Å²) in [5.41, 5.74) is 3.07. The highest BCUT2D eigenvalue weighted by Crippen LogP contribution is 2.18. The Hall–Kier alpha value is -0.780. The largest absolute Gasteiger partial charge is 0.103 e. The Bertz CT molecular complexity index is 245. The third kappa shape index (κ3) is 10.4. The van der Waals surface area contributed by atoms with Crippen LogP contribution in [0.1, 0.15) is 78.1 Å². The van der Waals surface area contributed by atoms with Crippen molar-refractivity contribution in [3.05, 3.63) is 36.5 Å². The Labute approximate surface area is 115 Å². The molecule has 0 bridgehead atoms. The van der Waals surface area contributed by atoms with Crippen LogP contribution in [0.25, 0.3) is 0 Å². The number of rotatable bonds is 12. The molecule has 0 atom stereocenters. The lowest BCUT2D eigenvalue weighted by Crippen LogP contribution is -1.88. The van der Waals surface area contributed by atoms with Crippen LogP contribution in [0, 0.1) is 0 Å². The molecule has 0 aliphatic heterocycles. The van der Waals surface area contributed by atoms with Crippen LogP contribution in [-0.4, -0.2) is 0 Å². The molecule has 0 saturated carbocycles. The predicted molar refractivity (Wildman–Crippen MR) is 84.9 cm³/mol. The maximum absolute atomic E-state index is 4.07. The summed E-state index contributed by atoms with van der Waals surface area (Å²) in [7, 11) is 0. The van der Waals surface area contributed by atoms with Crippen molar-refractivity contribution in [2.45, 2.75) is 78.1 Å². The van der Waals surface area contributed by atoms with Crippen molar-refractivity contribution in [1.82, 2.24) is 0 Å². The third-order valence-corrected chi connectivity index (χ3v) is 3.43. The van der Waals surface area contributed by atoms with Crippen LogP contribution in [0.4, 0.5) is 0 Å². The van der Waals surface area contributed by atoms with Gasteiger partial charge in [-0.3, -0.25) is 0 Å². The van der Waals surface area contributed by atoms with E-state index in [1.807, 2.05) is 6.08 Å². The fraction of sp³-hybridized carbons (Fsp3) is 0.667. The van der Waals surface area contributed by atoms with Gasteiger partial charge in [0.15, 0.2) is 0 Å². The summed E-state index contributed by atoms with van der Waals surface area (Å²) in [6, 6.07) is 0. The van der Waals surface area contributed by atoms with Crippen LogP contribution < -0.4 is 0 Å². The van der Waals surface area contributed by atoms with E-state index in [9.17, 15) is 0 Å². The molecule has 0 heteroatoms. The van der Waals surface area contributed by atoms with Crippen LogP contribution >= 0.6 is 0 Å². The van der Waals surface area contributed by atoms with Gasteiger partial charge in [0.25, 0.3) is 0 Å². The first-order valence-electron chi connectivity index (χ1n) is 7.70. The molecule has 0 radical (unpaired) electrons. The molecule has 0 aromatic carbocycles. The molecule has 0 heterocycles. The van der Waals surface area contributed by atoms with Crippen molar-refractivity contribution in [2.75, 3.05) is 0 Å². The van der Waals surface area contributed by atoms with Crippen molar-refractivity contribution >= 4 is 0 Å². The molecule has 0 aromatic rings. The zero-order chi connectivity index (χ0) is 13.6. The van der Waals surface area contributed by atoms with E-state index in [4.69, 9.17) is 0 Å². The lowest BCUT2D eigenvalue weighted by Gasteiger charge is -2.08. The Morgan fingerprint density at radius 3 is 2.11 bits per heavy atom. The summed E-state index contributed by atoms with van der Waals surface area (Å²) in [6.45, 7) is 12.3. The van der Waals surface area contributed by atoms with Gasteiger partial charge >= 0.3 is 0 Å². The summed E-state index contributed by atoms with van der Waals surface area (Å²) in [5.74, 6) is 0. The molecule has 18 heavy (non-hydrogen) atoms. The SMILES string of the molecule is C=CCCCCC(=CCC)CCCCC(=C)CC. The lowest BCUT2D eigenvalue weighted by molar-refractivity contribution is 0.667. The number of allylic oxidation sites excluding steroid dienone is 4. The zero-order valence-electron chi connectivity index (χ0n) is 12.6. The molecule has 0 aliphatic rings. The van der Waals surface area contributed by atoms with Gasteiger partial charge in [-0.15, -0.1) is 6.58 Å². The van der Waals surface area contributed by atoms with Gasteiger partial charge in [0, 0.05) is 0 Å². The standard InChI is InChI=1S/C18H32/c1-5-8-9-10-15-18(13-6-2)16-12-11-14-17(4)7-3/h5,13H,1,4,6-12,14-16H2,2-3H3. The molecule has 0 aromatic heterocycles. The van der Waals surface area contributed by atoms with Crippen molar-refractivity contribution in [1.29, 1.82) is 0 Å². The van der Waals surface area contributed by atoms with Crippen LogP contribution in [0.5, 0.6) is 0 Å². The predicted octanol–water partition coefficient (Wildman–Crippen LogP) is 6.60. The van der Waals surface area contributed by atoms with Gasteiger partial charge in [-0.1, -0.05) is 43.7 Å². The summed E-state index contributed by atoms with van der Waals surface area (Å²) in [5, 5.41) is 0. The van der Waals surface area contributed by atoms with E-state index >= 15 is 0 Å². The Morgan fingerprint density at radius 2 is 1.56 bits per heavy atom. The first kappa shape index (κ1) is 17.2. The molecule has 0 unspecified atom stereocenters. The molecule has 0 spiro atoms. The monoisotopic (exact) mass is 248 g/mol. The molecule has 0 rings (SSSR count). The Kier molecular flexibility index (Phi) is 12.1. The van der Waals surface area contributed by atoms with E-state index in [0.717, 1.165) is 12.8 Å². The van der Waals surface area contributed by atoms with E-state index in [0.29, 0.717) is 0 Å². The average molecular weight is 248 g/mol. The van der Waals surface area contributed by atoms with E-state index in [-0.39, 0.29) is 0 Å². The fourth-order valence-electron chi connectivity index (χ4n) is 2.16. The van der Waals surface area contributed by atoms with E-state index in [1.165, 1.54) is 56.9 Å². The summed E-state index contributed by atoms with van der Waals surface area (Å²) in [4.78, 5) is 0. The highest BCUT2D eigenvalue weighted by atomic mass is 14.0. The number of hydrogen-bond donors (Lipinski definition) is 0. The van der Waals surface area contributed by atoms with Crippen LogP contribution in [0.2, 0.25) is 0 Å². The minimum Gasteiger partial charge on any atom is -0.103 e. The van der Waals surface area contributed by atoms with Crippen molar-refractivity contribution in [3.8, 4) is 0 Å². The first-order chi connectivity index (χ1) is 8.74. The molecule has 0 saturated heterocycles. The molecular formula is C18H32. The molecule has 0 amide bonds. The smallest absolute Gasteiger partial charge is 0.0320 e. The minimum absolute atomic E-state index is 1.14. The van der Waals surface area contributed by atoms with E-state index < -0.39 is 0 Å². The van der Waals surface area contributed by atoms with Gasteiger partial charge in [0.1, 0.15) is 0 Å². The van der Waals surface area contributed by atoms with Crippen LogP contribution in [0.3, 0.4) is 0 Å². The first-order valence-corrected chi connectivity index (χ1v) is 7.70. The second-order valence-electron chi connectivity index (χ2n) is 5.12. The molecular weight excluding hydrogens is 216 g/mol. The van der Waals surface area contributed by atoms with Crippen molar-refractivity contribution in [3.63, 3.8) is 0 Å². The maximum atomic E-state index is 4.07. The van der Waals surface area contributed by atoms with Crippen molar-refractivity contribution in [2.24, 2.45) is 0 Å². The summed E-state index contributed by atoms with van der Waals surface area (Å²) < 4.78 is 0. The lowest BCUT2D eigenvalue weighted by atomic mass is 9.99. The number of hydrogen-bond acceptors (Lipinski definition) is 0. The number of unbranched alkanes of at least 4 members (excludes halogenated alkanes) is 3. The van der Waals surface area contributed by atoms with E-state index in [2.05, 4.69) is 33.1 Å². The molecule has 0 N–H and O–H groups in total. The summed E-state index contributed by atoms with van der Waals surface area (Å²) in [6.07, 6.45) is 17.0. The van der Waals surface area contributed by atoms with E-state index in [1.54, 1.807) is 5.57 Å². The topological polar surface area (TPSA) is 0 Å². The fourth-order valence-corrected chi connectivity index (χ4v) is 2.16. The van der Waals surface area contributed by atoms with Crippen LogP contribution in [0.15, 0.2) is 36.5 Å².